The van der Waals surface area contributed by atoms with Gasteiger partial charge in [0.25, 0.3) is 0 Å². The van der Waals surface area contributed by atoms with Crippen LogP contribution in [0, 0.1) is 11.6 Å². The molecule has 0 spiro atoms. The predicted octanol–water partition coefficient (Wildman–Crippen LogP) is 4.61. The van der Waals surface area contributed by atoms with Gasteiger partial charge in [-0.2, -0.15) is 0 Å². The first-order valence-corrected chi connectivity index (χ1v) is 9.86. The lowest BCUT2D eigenvalue weighted by atomic mass is 10.1. The van der Waals surface area contributed by atoms with Crippen LogP contribution in [0.1, 0.15) is 19.5 Å². The summed E-state index contributed by atoms with van der Waals surface area (Å²) in [7, 11) is 3.06. The largest absolute Gasteiger partial charge is 0.501 e. The van der Waals surface area contributed by atoms with Gasteiger partial charge in [0, 0.05) is 30.6 Å². The van der Waals surface area contributed by atoms with Crippen LogP contribution in [-0.2, 0) is 9.53 Å². The van der Waals surface area contributed by atoms with E-state index in [1.165, 1.54) is 42.4 Å². The van der Waals surface area contributed by atoms with Gasteiger partial charge >= 0.3 is 0 Å². The fraction of sp³-hybridized carbons (Fsp3) is 0.250. The first kappa shape index (κ1) is 23.1. The number of hydrogen-bond acceptors (Lipinski definition) is 7. The highest BCUT2D eigenvalue weighted by Crippen LogP contribution is 2.32. The lowest BCUT2D eigenvalue weighted by Gasteiger charge is -2.15. The number of nitrogens with one attached hydrogen (secondary N) is 1. The molecule has 1 aromatic heterocycles. The van der Waals surface area contributed by atoms with Gasteiger partial charge in [-0.1, -0.05) is 18.9 Å². The van der Waals surface area contributed by atoms with Crippen LogP contribution in [0.5, 0.6) is 11.5 Å². The van der Waals surface area contributed by atoms with Crippen molar-refractivity contribution in [1.29, 1.82) is 0 Å². The molecule has 0 saturated heterocycles. The Bertz CT molecular complexity index is 954. The third kappa shape index (κ3) is 6.45. The molecule has 1 heterocycles. The second-order valence-electron chi connectivity index (χ2n) is 5.93. The van der Waals surface area contributed by atoms with Gasteiger partial charge in [-0.05, 0) is 25.1 Å². The second kappa shape index (κ2) is 11.1. The van der Waals surface area contributed by atoms with Crippen molar-refractivity contribution in [3.63, 3.8) is 0 Å². The summed E-state index contributed by atoms with van der Waals surface area (Å²) in [4.78, 5) is 21.1. The molecule has 0 radical (unpaired) electrons. The highest BCUT2D eigenvalue weighted by atomic mass is 32.2. The molecule has 0 aliphatic heterocycles. The lowest BCUT2D eigenvalue weighted by molar-refractivity contribution is -0.114. The van der Waals surface area contributed by atoms with Crippen molar-refractivity contribution in [1.82, 2.24) is 14.9 Å². The molecule has 0 fully saturated rings. The minimum atomic E-state index is -0.871. The number of nitrogens with zero attached hydrogens (tertiary/aromatic N) is 3. The number of aromatic nitrogens is 2. The zero-order chi connectivity index (χ0) is 22.1. The zero-order valence-electron chi connectivity index (χ0n) is 17.0. The third-order valence-electron chi connectivity index (χ3n) is 3.64. The third-order valence-corrected chi connectivity index (χ3v) is 4.26. The van der Waals surface area contributed by atoms with E-state index in [0.717, 1.165) is 17.9 Å². The molecule has 0 saturated carbocycles. The minimum Gasteiger partial charge on any atom is -0.501 e. The van der Waals surface area contributed by atoms with E-state index in [9.17, 15) is 13.6 Å². The van der Waals surface area contributed by atoms with E-state index in [0.29, 0.717) is 23.7 Å². The van der Waals surface area contributed by atoms with Crippen LogP contribution < -0.4 is 9.46 Å². The van der Waals surface area contributed by atoms with Gasteiger partial charge in [0.05, 0.1) is 19.1 Å². The van der Waals surface area contributed by atoms with Crippen molar-refractivity contribution in [3.8, 4) is 11.5 Å². The van der Waals surface area contributed by atoms with E-state index in [1.807, 2.05) is 6.92 Å². The number of carbonyl (C=O) groups excluding carboxylic acids is 1. The molecule has 30 heavy (non-hydrogen) atoms. The number of halogens is 2. The van der Waals surface area contributed by atoms with Gasteiger partial charge in [-0.25, -0.2) is 18.7 Å². The number of anilines is 1. The summed E-state index contributed by atoms with van der Waals surface area (Å²) in [5, 5.41) is 0. The highest BCUT2D eigenvalue weighted by molar-refractivity contribution is 8.00. The number of ether oxygens (including phenoxy) is 2. The smallest absolute Gasteiger partial charge is 0.233 e. The van der Waals surface area contributed by atoms with Crippen molar-refractivity contribution >= 4 is 29.9 Å². The average Bonchev–Trinajstić information content (AvgIpc) is 2.74. The van der Waals surface area contributed by atoms with Gasteiger partial charge in [0.1, 0.15) is 11.5 Å². The van der Waals surface area contributed by atoms with Gasteiger partial charge < -0.3 is 14.4 Å². The Morgan fingerprint density at radius 3 is 2.73 bits per heavy atom. The molecule has 2 rings (SSSR count). The quantitative estimate of drug-likeness (QED) is 0.252. The summed E-state index contributed by atoms with van der Waals surface area (Å²) < 4.78 is 41.2. The molecule has 0 unspecified atom stereocenters. The van der Waals surface area contributed by atoms with Gasteiger partial charge in [0.15, 0.2) is 17.3 Å². The summed E-state index contributed by atoms with van der Waals surface area (Å²) in [6.45, 7) is 3.69. The normalized spacial score (nSPS) is 11.8. The number of hydrogen-bond donors (Lipinski definition) is 1. The number of carbonyl (C=O) groups is 1. The van der Waals surface area contributed by atoms with E-state index in [1.54, 1.807) is 20.0 Å². The summed E-state index contributed by atoms with van der Waals surface area (Å²) in [5.41, 5.74) is 0.728. The maximum Gasteiger partial charge on any atom is 0.233 e. The molecule has 0 aliphatic carbocycles. The highest BCUT2D eigenvalue weighted by Gasteiger charge is 2.16. The Labute approximate surface area is 177 Å². The van der Waals surface area contributed by atoms with Gasteiger partial charge in [0.2, 0.25) is 12.4 Å². The topological polar surface area (TPSA) is 76.6 Å². The summed E-state index contributed by atoms with van der Waals surface area (Å²) in [6.07, 6.45) is 5.15. The van der Waals surface area contributed by atoms with E-state index >= 15 is 0 Å². The first-order valence-electron chi connectivity index (χ1n) is 8.87. The summed E-state index contributed by atoms with van der Waals surface area (Å²) >= 11 is 1.39. The lowest BCUT2D eigenvalue weighted by Crippen LogP contribution is -2.09. The molecule has 7 nitrogen and oxygen atoms in total. The number of allylic oxidation sites excluding steroid dienone is 3. The Hall–Kier alpha value is -3.14. The van der Waals surface area contributed by atoms with E-state index in [4.69, 9.17) is 9.47 Å². The zero-order valence-corrected chi connectivity index (χ0v) is 17.8. The van der Waals surface area contributed by atoms with Crippen LogP contribution in [0.4, 0.5) is 14.7 Å². The van der Waals surface area contributed by atoms with Gasteiger partial charge in [-0.3, -0.25) is 9.52 Å². The van der Waals surface area contributed by atoms with E-state index < -0.39 is 11.6 Å². The maximum absolute atomic E-state index is 14.1. The monoisotopic (exact) mass is 436 g/mol. The maximum atomic E-state index is 14.1. The standard InChI is InChI=1S/C20H22F2N4O3S/c1-5-30-25-20-23-10-18(29-17-7-6-15(21)9-16(17)22)19(24-20)14(8-13(2)28-4)11-26(3)12-27/h6-12H,5H2,1-4H3,(H,23,24,25)/b13-8+,14-11+. The Kier molecular flexibility index (Phi) is 8.60. The molecular weight excluding hydrogens is 414 g/mol. The van der Waals surface area contributed by atoms with Crippen molar-refractivity contribution in [3.05, 3.63) is 59.8 Å². The SMILES string of the molecule is CCSNc1ncc(Oc2ccc(F)cc2F)c(C(/C=C(\C)OC)=C/N(C)C=O)n1. The van der Waals surface area contributed by atoms with Crippen LogP contribution in [0.25, 0.3) is 5.57 Å². The molecule has 0 bridgehead atoms. The minimum absolute atomic E-state index is 0.109. The molecule has 1 aromatic carbocycles. The average molecular weight is 436 g/mol. The van der Waals surface area contributed by atoms with Crippen LogP contribution >= 0.6 is 11.9 Å². The first-order chi connectivity index (χ1) is 14.4. The van der Waals surface area contributed by atoms with Crippen molar-refractivity contribution in [2.75, 3.05) is 24.6 Å². The molecule has 0 atom stereocenters. The van der Waals surface area contributed by atoms with Gasteiger partial charge in [-0.15, -0.1) is 0 Å². The van der Waals surface area contributed by atoms with E-state index in [-0.39, 0.29) is 17.2 Å². The molecule has 160 valence electrons. The molecule has 10 heteroatoms. The number of methoxy groups -OCH3 is 1. The molecule has 1 N–H and O–H groups in total. The number of rotatable bonds is 10. The molecule has 1 amide bonds. The van der Waals surface area contributed by atoms with Crippen molar-refractivity contribution in [2.45, 2.75) is 13.8 Å². The summed E-state index contributed by atoms with van der Waals surface area (Å²) in [5.74, 6) is -0.0685. The number of amides is 1. The Morgan fingerprint density at radius 1 is 1.33 bits per heavy atom. The van der Waals surface area contributed by atoms with Crippen LogP contribution in [-0.4, -0.2) is 41.2 Å². The Morgan fingerprint density at radius 2 is 2.10 bits per heavy atom. The van der Waals surface area contributed by atoms with Crippen LogP contribution in [0.15, 0.2) is 42.4 Å². The van der Waals surface area contributed by atoms with Crippen LogP contribution in [0.2, 0.25) is 0 Å². The second-order valence-corrected chi connectivity index (χ2v) is 7.00. The van der Waals surface area contributed by atoms with Crippen LogP contribution in [0.3, 0.4) is 0 Å². The molecule has 0 aliphatic rings. The van der Waals surface area contributed by atoms with Crippen molar-refractivity contribution < 1.29 is 23.0 Å². The predicted molar refractivity (Wildman–Crippen MR) is 113 cm³/mol. The summed E-state index contributed by atoms with van der Waals surface area (Å²) in [6, 6.07) is 2.97. The van der Waals surface area contributed by atoms with Crippen molar-refractivity contribution in [2.24, 2.45) is 0 Å². The Balaban J connectivity index is 2.60. The van der Waals surface area contributed by atoms with E-state index in [2.05, 4.69) is 14.7 Å². The molecule has 2 aromatic rings. The molecular formula is C20H22F2N4O3S. The number of benzene rings is 1. The fourth-order valence-corrected chi connectivity index (χ4v) is 2.58. The fourth-order valence-electron chi connectivity index (χ4n) is 2.21.